The molecule has 1 aliphatic heterocycles. The second-order valence-electron chi connectivity index (χ2n) is 8.02. The normalized spacial score (nSPS) is 20.6. The van der Waals surface area contributed by atoms with Gasteiger partial charge in [-0.3, -0.25) is 0 Å². The van der Waals surface area contributed by atoms with E-state index >= 15 is 0 Å². The van der Waals surface area contributed by atoms with Gasteiger partial charge in [-0.15, -0.1) is 0 Å². The number of likely N-dealkylation sites (tertiary alicyclic amines) is 1. The Morgan fingerprint density at radius 3 is 2.15 bits per heavy atom. The second-order valence-corrected chi connectivity index (χ2v) is 8.02. The molecular formula is C24H38NO9+. The molecule has 0 aromatic heterocycles. The number of hydrogen-bond acceptors (Lipinski definition) is 9. The molecule has 1 heterocycles. The van der Waals surface area contributed by atoms with E-state index < -0.39 is 18.2 Å². The van der Waals surface area contributed by atoms with Gasteiger partial charge in [-0.1, -0.05) is 13.2 Å². The minimum absolute atomic E-state index is 0.0873. The van der Waals surface area contributed by atoms with Crippen LogP contribution in [0.25, 0.3) is 0 Å². The maximum Gasteiger partial charge on any atom is 0.333 e. The van der Waals surface area contributed by atoms with Crippen molar-refractivity contribution in [3.63, 3.8) is 0 Å². The van der Waals surface area contributed by atoms with Crippen molar-refractivity contribution in [2.24, 2.45) is 5.92 Å². The first-order valence-corrected chi connectivity index (χ1v) is 11.3. The lowest BCUT2D eigenvalue weighted by atomic mass is 10.1. The van der Waals surface area contributed by atoms with Crippen LogP contribution >= 0.6 is 0 Å². The van der Waals surface area contributed by atoms with E-state index in [1.807, 2.05) is 0 Å². The van der Waals surface area contributed by atoms with E-state index in [0.717, 1.165) is 0 Å². The molecule has 0 bridgehead atoms. The van der Waals surface area contributed by atoms with Crippen molar-refractivity contribution in [1.82, 2.24) is 0 Å². The lowest BCUT2D eigenvalue weighted by molar-refractivity contribution is -0.849. The molecular weight excluding hydrogens is 446 g/mol. The number of hydrogen-bond donors (Lipinski definition) is 1. The van der Waals surface area contributed by atoms with Crippen molar-refractivity contribution in [1.29, 1.82) is 0 Å². The van der Waals surface area contributed by atoms with Crippen LogP contribution in [-0.4, -0.2) is 93.1 Å². The fourth-order valence-electron chi connectivity index (χ4n) is 3.42. The number of quaternary nitrogens is 1. The molecule has 1 amide bonds. The molecule has 34 heavy (non-hydrogen) atoms. The van der Waals surface area contributed by atoms with Crippen LogP contribution in [0.5, 0.6) is 0 Å². The van der Waals surface area contributed by atoms with Crippen LogP contribution in [0.3, 0.4) is 0 Å². The summed E-state index contributed by atoms with van der Waals surface area (Å²) in [5.41, 5.74) is 0.573. The summed E-state index contributed by atoms with van der Waals surface area (Å²) in [4.78, 5) is 36.2. The van der Waals surface area contributed by atoms with E-state index in [1.54, 1.807) is 6.92 Å². The highest BCUT2D eigenvalue weighted by Crippen LogP contribution is 2.32. The number of carbonyl (C=O) groups is 3. The molecule has 1 aliphatic rings. The molecule has 1 saturated heterocycles. The van der Waals surface area contributed by atoms with E-state index in [4.69, 9.17) is 23.7 Å². The van der Waals surface area contributed by atoms with Gasteiger partial charge in [0, 0.05) is 24.2 Å². The first kappa shape index (κ1) is 29.7. The van der Waals surface area contributed by atoms with Crippen molar-refractivity contribution in [2.75, 3.05) is 59.4 Å². The summed E-state index contributed by atoms with van der Waals surface area (Å²) in [6, 6.07) is 0. The summed E-state index contributed by atoms with van der Waals surface area (Å²) in [6.45, 7) is 15.5. The molecule has 0 aromatic rings. The summed E-state index contributed by atoms with van der Waals surface area (Å²) < 4.78 is 26.7. The molecule has 10 nitrogen and oxygen atoms in total. The molecule has 3 unspecified atom stereocenters. The van der Waals surface area contributed by atoms with E-state index in [1.165, 1.54) is 13.1 Å². The van der Waals surface area contributed by atoms with Crippen LogP contribution in [0.2, 0.25) is 0 Å². The molecule has 1 fully saturated rings. The molecule has 3 atom stereocenters. The minimum atomic E-state index is -0.792. The monoisotopic (exact) mass is 484 g/mol. The minimum Gasteiger partial charge on any atom is -0.460 e. The lowest BCUT2D eigenvalue weighted by Crippen LogP contribution is -2.56. The fourth-order valence-corrected chi connectivity index (χ4v) is 3.42. The van der Waals surface area contributed by atoms with Gasteiger partial charge in [0.15, 0.2) is 6.61 Å². The van der Waals surface area contributed by atoms with Crippen LogP contribution in [0.15, 0.2) is 37.1 Å². The zero-order chi connectivity index (χ0) is 25.6. The van der Waals surface area contributed by atoms with Crippen molar-refractivity contribution < 1.29 is 47.7 Å². The Kier molecular flexibility index (Phi) is 13.5. The zero-order valence-electron chi connectivity index (χ0n) is 20.3. The average Bonchev–Trinajstić information content (AvgIpc) is 3.12. The van der Waals surface area contributed by atoms with Crippen LogP contribution < -0.4 is 0 Å². The first-order valence-electron chi connectivity index (χ1n) is 11.3. The predicted molar refractivity (Wildman–Crippen MR) is 123 cm³/mol. The molecule has 1 N–H and O–H groups in total. The summed E-state index contributed by atoms with van der Waals surface area (Å²) in [5.74, 6) is -1.47. The lowest BCUT2D eigenvalue weighted by Gasteiger charge is -2.35. The third-order valence-corrected chi connectivity index (χ3v) is 5.35. The van der Waals surface area contributed by atoms with E-state index in [2.05, 4.69) is 19.7 Å². The topological polar surface area (TPSA) is 118 Å². The molecule has 10 heteroatoms. The Labute approximate surface area is 201 Å². The first-order chi connectivity index (χ1) is 16.2. The van der Waals surface area contributed by atoms with Gasteiger partial charge >= 0.3 is 17.8 Å². The Morgan fingerprint density at radius 1 is 1.03 bits per heavy atom. The SMILES string of the molecule is C=C[N+]1(C(COC(=O)C(=C)C)OCCOCCOCCOC(=O)C(=C)C)CCC(CCO)C1=O. The van der Waals surface area contributed by atoms with Gasteiger partial charge in [-0.2, -0.15) is 0 Å². The van der Waals surface area contributed by atoms with Crippen LogP contribution in [-0.2, 0) is 38.1 Å². The quantitative estimate of drug-likeness (QED) is 0.134. The van der Waals surface area contributed by atoms with Gasteiger partial charge in [0.2, 0.25) is 6.23 Å². The standard InChI is InChI=1S/C24H38NO9/c1-6-25(9-7-20(8-10-26)22(25)27)21(17-34-24(29)19(4)5)32-15-13-30-11-12-31-14-16-33-23(28)18(2)3/h6,20-21,26H,1-2,4,7-17H2,3,5H3/q+1. The van der Waals surface area contributed by atoms with E-state index in [0.29, 0.717) is 38.2 Å². The molecule has 0 saturated carbocycles. The Morgan fingerprint density at radius 2 is 1.59 bits per heavy atom. The molecule has 1 rings (SSSR count). The summed E-state index contributed by atoms with van der Waals surface area (Å²) >= 11 is 0. The van der Waals surface area contributed by atoms with Gasteiger partial charge in [0.25, 0.3) is 0 Å². The summed E-state index contributed by atoms with van der Waals surface area (Å²) in [5, 5.41) is 9.25. The molecule has 0 aliphatic carbocycles. The summed E-state index contributed by atoms with van der Waals surface area (Å²) in [7, 11) is 0. The number of carbonyl (C=O) groups excluding carboxylic acids is 3. The maximum atomic E-state index is 13.1. The molecule has 0 radical (unpaired) electrons. The van der Waals surface area contributed by atoms with Gasteiger partial charge in [0.1, 0.15) is 6.61 Å². The summed E-state index contributed by atoms with van der Waals surface area (Å²) in [6.07, 6.45) is 1.66. The van der Waals surface area contributed by atoms with Crippen molar-refractivity contribution in [3.8, 4) is 0 Å². The van der Waals surface area contributed by atoms with Crippen molar-refractivity contribution in [2.45, 2.75) is 32.9 Å². The average molecular weight is 485 g/mol. The smallest absolute Gasteiger partial charge is 0.333 e. The third-order valence-electron chi connectivity index (χ3n) is 5.35. The fraction of sp³-hybridized carbons (Fsp3) is 0.625. The largest absolute Gasteiger partial charge is 0.460 e. The number of rotatable bonds is 18. The van der Waals surface area contributed by atoms with Crippen LogP contribution in [0, 0.1) is 5.92 Å². The highest BCUT2D eigenvalue weighted by molar-refractivity contribution is 5.87. The molecule has 192 valence electrons. The van der Waals surface area contributed by atoms with E-state index in [-0.39, 0.29) is 61.5 Å². The Bertz CT molecular complexity index is 736. The van der Waals surface area contributed by atoms with Gasteiger partial charge in [-0.05, 0) is 26.8 Å². The third kappa shape index (κ3) is 9.11. The van der Waals surface area contributed by atoms with Gasteiger partial charge in [0.05, 0.1) is 51.7 Å². The number of ether oxygens (including phenoxy) is 5. The number of aliphatic hydroxyl groups is 1. The van der Waals surface area contributed by atoms with Crippen LogP contribution in [0.1, 0.15) is 26.7 Å². The number of aliphatic hydroxyl groups excluding tert-OH is 1. The van der Waals surface area contributed by atoms with Crippen LogP contribution in [0.4, 0.5) is 0 Å². The van der Waals surface area contributed by atoms with E-state index in [9.17, 15) is 19.5 Å². The number of nitrogens with zero attached hydrogens (tertiary/aromatic N) is 1. The molecule has 0 aromatic carbocycles. The highest BCUT2D eigenvalue weighted by Gasteiger charge is 2.52. The number of amides is 1. The predicted octanol–water partition coefficient (Wildman–Crippen LogP) is 1.49. The second kappa shape index (κ2) is 15.5. The molecule has 0 spiro atoms. The van der Waals surface area contributed by atoms with Crippen molar-refractivity contribution in [3.05, 3.63) is 37.1 Å². The number of esters is 2. The van der Waals surface area contributed by atoms with Gasteiger partial charge in [-0.25, -0.2) is 18.9 Å². The zero-order valence-corrected chi connectivity index (χ0v) is 20.3. The maximum absolute atomic E-state index is 13.1. The van der Waals surface area contributed by atoms with Crippen molar-refractivity contribution >= 4 is 17.8 Å². The Hall–Kier alpha value is -2.37. The Balaban J connectivity index is 2.50. The van der Waals surface area contributed by atoms with Gasteiger partial charge < -0.3 is 28.8 Å². The highest BCUT2D eigenvalue weighted by atomic mass is 16.6.